The van der Waals surface area contributed by atoms with Crippen LogP contribution < -0.4 is 15.1 Å². The van der Waals surface area contributed by atoms with Gasteiger partial charge in [0.05, 0.1) is 0 Å². The number of amides is 2. The molecule has 2 saturated heterocycles. The Morgan fingerprint density at radius 1 is 0.846 bits per heavy atom. The van der Waals surface area contributed by atoms with Gasteiger partial charge in [-0.05, 0) is 43.2 Å². The minimum Gasteiger partial charge on any atom is -0.372 e. The molecule has 3 heterocycles. The first-order valence-corrected chi connectivity index (χ1v) is 9.22. The number of carbonyl (C=O) groups is 1. The van der Waals surface area contributed by atoms with Crippen LogP contribution in [0.3, 0.4) is 0 Å². The van der Waals surface area contributed by atoms with Crippen LogP contribution in [0.15, 0.2) is 42.7 Å². The van der Waals surface area contributed by atoms with Crippen molar-refractivity contribution in [3.63, 3.8) is 0 Å². The predicted molar refractivity (Wildman–Crippen MR) is 103 cm³/mol. The number of carbonyl (C=O) groups excluding carboxylic acids is 1. The molecule has 0 aliphatic carbocycles. The maximum absolute atomic E-state index is 12.5. The number of piperazine rings is 1. The Labute approximate surface area is 153 Å². The minimum atomic E-state index is -0.0486. The summed E-state index contributed by atoms with van der Waals surface area (Å²) in [6.45, 7) is 5.06. The Bertz CT molecular complexity index is 721. The van der Waals surface area contributed by atoms with Crippen molar-refractivity contribution in [2.45, 2.75) is 12.8 Å². The number of nitrogens with one attached hydrogen (secondary N) is 1. The molecule has 2 amide bonds. The third-order valence-electron chi connectivity index (χ3n) is 4.99. The van der Waals surface area contributed by atoms with Gasteiger partial charge in [0.15, 0.2) is 0 Å². The Kier molecular flexibility index (Phi) is 4.86. The summed E-state index contributed by atoms with van der Waals surface area (Å²) in [5, 5.41) is 3.00. The largest absolute Gasteiger partial charge is 0.372 e. The Balaban J connectivity index is 1.30. The monoisotopic (exact) mass is 352 g/mol. The fourth-order valence-corrected chi connectivity index (χ4v) is 3.50. The van der Waals surface area contributed by atoms with E-state index in [1.807, 2.05) is 23.1 Å². The van der Waals surface area contributed by atoms with Crippen molar-refractivity contribution >= 4 is 23.4 Å². The summed E-state index contributed by atoms with van der Waals surface area (Å²) in [4.78, 5) is 27.4. The lowest BCUT2D eigenvalue weighted by atomic mass is 10.2. The highest BCUT2D eigenvalue weighted by Crippen LogP contribution is 2.22. The molecule has 26 heavy (non-hydrogen) atoms. The van der Waals surface area contributed by atoms with Gasteiger partial charge in [0.2, 0.25) is 5.95 Å². The minimum absolute atomic E-state index is 0.0486. The molecular formula is C19H24N6O. The van der Waals surface area contributed by atoms with Crippen molar-refractivity contribution in [1.29, 1.82) is 0 Å². The van der Waals surface area contributed by atoms with Crippen molar-refractivity contribution < 1.29 is 4.79 Å². The summed E-state index contributed by atoms with van der Waals surface area (Å²) >= 11 is 0. The topological polar surface area (TPSA) is 64.6 Å². The molecule has 2 aromatic rings. The van der Waals surface area contributed by atoms with Gasteiger partial charge in [0.25, 0.3) is 0 Å². The van der Waals surface area contributed by atoms with E-state index in [1.165, 1.54) is 18.5 Å². The van der Waals surface area contributed by atoms with E-state index in [9.17, 15) is 4.79 Å². The summed E-state index contributed by atoms with van der Waals surface area (Å²) in [5.41, 5.74) is 2.07. The molecule has 136 valence electrons. The van der Waals surface area contributed by atoms with Crippen molar-refractivity contribution in [2.24, 2.45) is 0 Å². The average Bonchev–Trinajstić information content (AvgIpc) is 3.24. The van der Waals surface area contributed by atoms with Crippen LogP contribution in [0.25, 0.3) is 0 Å². The Hall–Kier alpha value is -2.83. The molecule has 4 rings (SSSR count). The number of hydrogen-bond donors (Lipinski definition) is 1. The fourth-order valence-electron chi connectivity index (χ4n) is 3.50. The van der Waals surface area contributed by atoms with E-state index in [-0.39, 0.29) is 6.03 Å². The zero-order valence-corrected chi connectivity index (χ0v) is 14.8. The second-order valence-corrected chi connectivity index (χ2v) is 6.69. The van der Waals surface area contributed by atoms with Gasteiger partial charge in [-0.25, -0.2) is 14.8 Å². The molecule has 0 atom stereocenters. The average molecular weight is 352 g/mol. The van der Waals surface area contributed by atoms with Gasteiger partial charge in [0, 0.05) is 63.0 Å². The number of rotatable bonds is 3. The van der Waals surface area contributed by atoms with Crippen molar-refractivity contribution in [3.05, 3.63) is 42.7 Å². The number of hydrogen-bond acceptors (Lipinski definition) is 5. The number of urea groups is 1. The van der Waals surface area contributed by atoms with Crippen LogP contribution in [0.5, 0.6) is 0 Å². The Morgan fingerprint density at radius 2 is 1.50 bits per heavy atom. The maximum Gasteiger partial charge on any atom is 0.321 e. The van der Waals surface area contributed by atoms with Gasteiger partial charge in [-0.1, -0.05) is 0 Å². The van der Waals surface area contributed by atoms with Crippen LogP contribution in [-0.2, 0) is 0 Å². The third-order valence-corrected chi connectivity index (χ3v) is 4.99. The summed E-state index contributed by atoms with van der Waals surface area (Å²) in [7, 11) is 0. The van der Waals surface area contributed by atoms with Gasteiger partial charge in [0.1, 0.15) is 0 Å². The summed E-state index contributed by atoms with van der Waals surface area (Å²) in [6, 6.07) is 9.91. The van der Waals surface area contributed by atoms with Gasteiger partial charge in [-0.3, -0.25) is 0 Å². The molecule has 0 radical (unpaired) electrons. The van der Waals surface area contributed by atoms with Crippen LogP contribution in [0.2, 0.25) is 0 Å². The van der Waals surface area contributed by atoms with Crippen LogP contribution in [0.1, 0.15) is 12.8 Å². The highest BCUT2D eigenvalue weighted by molar-refractivity contribution is 5.89. The molecule has 7 nitrogen and oxygen atoms in total. The van der Waals surface area contributed by atoms with Crippen molar-refractivity contribution in [1.82, 2.24) is 14.9 Å². The first-order chi connectivity index (χ1) is 12.8. The maximum atomic E-state index is 12.5. The van der Waals surface area contributed by atoms with Gasteiger partial charge in [-0.2, -0.15) is 0 Å². The molecule has 2 aliphatic rings. The molecular weight excluding hydrogens is 328 g/mol. The summed E-state index contributed by atoms with van der Waals surface area (Å²) < 4.78 is 0. The Morgan fingerprint density at radius 3 is 2.15 bits per heavy atom. The summed E-state index contributed by atoms with van der Waals surface area (Å²) in [5.74, 6) is 0.727. The van der Waals surface area contributed by atoms with Crippen LogP contribution in [0, 0.1) is 0 Å². The zero-order valence-electron chi connectivity index (χ0n) is 14.8. The van der Waals surface area contributed by atoms with E-state index < -0.39 is 0 Å². The molecule has 1 aromatic carbocycles. The molecule has 1 aromatic heterocycles. The van der Waals surface area contributed by atoms with Gasteiger partial charge < -0.3 is 20.0 Å². The highest BCUT2D eigenvalue weighted by atomic mass is 16.2. The molecule has 2 aliphatic heterocycles. The normalized spacial score (nSPS) is 17.5. The van der Waals surface area contributed by atoms with E-state index in [1.54, 1.807) is 12.4 Å². The molecule has 0 unspecified atom stereocenters. The van der Waals surface area contributed by atoms with Crippen LogP contribution in [-0.4, -0.2) is 60.2 Å². The van der Waals surface area contributed by atoms with E-state index in [0.29, 0.717) is 13.1 Å². The number of nitrogens with zero attached hydrogens (tertiary/aromatic N) is 5. The number of benzene rings is 1. The predicted octanol–water partition coefficient (Wildman–Crippen LogP) is 2.43. The van der Waals surface area contributed by atoms with Gasteiger partial charge in [-0.15, -0.1) is 0 Å². The highest BCUT2D eigenvalue weighted by Gasteiger charge is 2.22. The lowest BCUT2D eigenvalue weighted by Crippen LogP contribution is -2.50. The van der Waals surface area contributed by atoms with Crippen LogP contribution in [0.4, 0.5) is 22.1 Å². The van der Waals surface area contributed by atoms with E-state index in [0.717, 1.165) is 37.8 Å². The molecule has 1 N–H and O–H groups in total. The quantitative estimate of drug-likeness (QED) is 0.919. The van der Waals surface area contributed by atoms with Crippen molar-refractivity contribution in [2.75, 3.05) is 54.4 Å². The zero-order chi connectivity index (χ0) is 17.8. The fraction of sp³-hybridized carbons (Fsp3) is 0.421. The number of anilines is 3. The summed E-state index contributed by atoms with van der Waals surface area (Å²) in [6.07, 6.45) is 6.01. The lowest BCUT2D eigenvalue weighted by molar-refractivity contribution is 0.208. The lowest BCUT2D eigenvalue weighted by Gasteiger charge is -2.34. The van der Waals surface area contributed by atoms with E-state index >= 15 is 0 Å². The first kappa shape index (κ1) is 16.6. The molecule has 0 bridgehead atoms. The second kappa shape index (κ2) is 7.59. The molecule has 0 saturated carbocycles. The van der Waals surface area contributed by atoms with Crippen molar-refractivity contribution in [3.8, 4) is 0 Å². The molecule has 0 spiro atoms. The standard InChI is InChI=1S/C19H24N6O/c26-19(22-16-4-6-17(7-5-16)23-10-1-2-11-23)25-14-12-24(13-15-25)18-20-8-3-9-21-18/h3-9H,1-2,10-15H2,(H,22,26). The van der Waals surface area contributed by atoms with E-state index in [2.05, 4.69) is 37.2 Å². The second-order valence-electron chi connectivity index (χ2n) is 6.69. The molecule has 7 heteroatoms. The third kappa shape index (κ3) is 3.71. The first-order valence-electron chi connectivity index (χ1n) is 9.22. The smallest absolute Gasteiger partial charge is 0.321 e. The molecule has 2 fully saturated rings. The van der Waals surface area contributed by atoms with Gasteiger partial charge >= 0.3 is 6.03 Å². The number of aromatic nitrogens is 2. The SMILES string of the molecule is O=C(Nc1ccc(N2CCCC2)cc1)N1CCN(c2ncccn2)CC1. The van der Waals surface area contributed by atoms with Crippen LogP contribution >= 0.6 is 0 Å². The van der Waals surface area contributed by atoms with E-state index in [4.69, 9.17) is 0 Å².